The Labute approximate surface area is 144 Å². The van der Waals surface area contributed by atoms with Crippen molar-refractivity contribution in [2.75, 3.05) is 13.2 Å². The van der Waals surface area contributed by atoms with E-state index in [2.05, 4.69) is 9.97 Å². The molecule has 6 heteroatoms. The minimum atomic E-state index is -0.297. The van der Waals surface area contributed by atoms with E-state index < -0.39 is 0 Å². The first kappa shape index (κ1) is 17.0. The van der Waals surface area contributed by atoms with E-state index in [0.717, 1.165) is 16.8 Å². The van der Waals surface area contributed by atoms with Crippen molar-refractivity contribution >= 4 is 17.0 Å². The molecule has 1 N–H and O–H groups in total. The van der Waals surface area contributed by atoms with Crippen molar-refractivity contribution in [1.82, 2.24) is 9.97 Å². The van der Waals surface area contributed by atoms with Gasteiger partial charge in [0.25, 0.3) is 0 Å². The number of imidazole rings is 1. The highest BCUT2D eigenvalue weighted by molar-refractivity contribution is 5.79. The zero-order chi connectivity index (χ0) is 17.6. The topological polar surface area (TPSA) is 64.2 Å². The molecular weight excluding hydrogens is 323 g/mol. The van der Waals surface area contributed by atoms with Crippen molar-refractivity contribution in [3.05, 3.63) is 48.3 Å². The number of ether oxygens (including phenoxy) is 2. The van der Waals surface area contributed by atoms with E-state index in [1.807, 2.05) is 24.3 Å². The number of aromatic amines is 1. The fraction of sp³-hybridized carbons (Fsp3) is 0.263. The summed E-state index contributed by atoms with van der Waals surface area (Å²) in [7, 11) is 0. The van der Waals surface area contributed by atoms with Crippen LogP contribution in [0.5, 0.6) is 5.75 Å². The molecule has 0 unspecified atom stereocenters. The van der Waals surface area contributed by atoms with E-state index in [4.69, 9.17) is 9.47 Å². The van der Waals surface area contributed by atoms with Gasteiger partial charge in [0.1, 0.15) is 17.4 Å². The SMILES string of the molecule is CCOC(=O)CCCOc1ccc(-c2nc3ccc(F)cc3[nH]2)cc1. The van der Waals surface area contributed by atoms with Gasteiger partial charge in [0.2, 0.25) is 0 Å². The second-order valence-electron chi connectivity index (χ2n) is 5.53. The Bertz CT molecular complexity index is 859. The quantitative estimate of drug-likeness (QED) is 0.519. The minimum Gasteiger partial charge on any atom is -0.494 e. The molecule has 5 nitrogen and oxygen atoms in total. The molecule has 1 aromatic heterocycles. The number of carbonyl (C=O) groups excluding carboxylic acids is 1. The number of benzene rings is 2. The number of halogens is 1. The molecule has 0 fully saturated rings. The van der Waals surface area contributed by atoms with Crippen LogP contribution in [0.3, 0.4) is 0 Å². The second kappa shape index (κ2) is 7.79. The molecular formula is C19H19FN2O3. The van der Waals surface area contributed by atoms with Gasteiger partial charge in [-0.1, -0.05) is 0 Å². The molecule has 1 heterocycles. The molecule has 0 aliphatic rings. The molecule has 3 rings (SSSR count). The summed E-state index contributed by atoms with van der Waals surface area (Å²) in [6.07, 6.45) is 0.956. The maximum Gasteiger partial charge on any atom is 0.305 e. The van der Waals surface area contributed by atoms with Crippen molar-refractivity contribution in [2.24, 2.45) is 0 Å². The molecule has 0 aliphatic carbocycles. The Morgan fingerprint density at radius 1 is 1.20 bits per heavy atom. The number of nitrogens with zero attached hydrogens (tertiary/aromatic N) is 1. The van der Waals surface area contributed by atoms with Crippen molar-refractivity contribution in [1.29, 1.82) is 0 Å². The van der Waals surface area contributed by atoms with E-state index in [0.29, 0.717) is 37.4 Å². The van der Waals surface area contributed by atoms with Crippen molar-refractivity contribution in [3.8, 4) is 17.1 Å². The average Bonchev–Trinajstić information content (AvgIpc) is 3.02. The zero-order valence-electron chi connectivity index (χ0n) is 13.9. The lowest BCUT2D eigenvalue weighted by atomic mass is 10.2. The maximum absolute atomic E-state index is 13.2. The highest BCUT2D eigenvalue weighted by Gasteiger charge is 2.07. The first-order valence-electron chi connectivity index (χ1n) is 8.20. The number of fused-ring (bicyclic) bond motifs is 1. The van der Waals surface area contributed by atoms with E-state index >= 15 is 0 Å². The highest BCUT2D eigenvalue weighted by Crippen LogP contribution is 2.23. The van der Waals surface area contributed by atoms with E-state index in [-0.39, 0.29) is 11.8 Å². The summed E-state index contributed by atoms with van der Waals surface area (Å²) < 4.78 is 23.7. The van der Waals surface area contributed by atoms with Crippen LogP contribution in [-0.2, 0) is 9.53 Å². The number of hydrogen-bond acceptors (Lipinski definition) is 4. The number of carbonyl (C=O) groups is 1. The lowest BCUT2D eigenvalue weighted by molar-refractivity contribution is -0.143. The lowest BCUT2D eigenvalue weighted by Gasteiger charge is -2.06. The van der Waals surface area contributed by atoms with Crippen LogP contribution in [0.1, 0.15) is 19.8 Å². The molecule has 0 bridgehead atoms. The molecule has 130 valence electrons. The molecule has 0 saturated carbocycles. The van der Waals surface area contributed by atoms with Gasteiger partial charge < -0.3 is 14.5 Å². The molecule has 3 aromatic rings. The van der Waals surface area contributed by atoms with Crippen LogP contribution in [0.25, 0.3) is 22.4 Å². The van der Waals surface area contributed by atoms with Crippen molar-refractivity contribution < 1.29 is 18.7 Å². The molecule has 0 radical (unpaired) electrons. The summed E-state index contributed by atoms with van der Waals surface area (Å²) in [4.78, 5) is 18.8. The van der Waals surface area contributed by atoms with Gasteiger partial charge in [-0.2, -0.15) is 0 Å². The summed E-state index contributed by atoms with van der Waals surface area (Å²) in [6.45, 7) is 2.63. The smallest absolute Gasteiger partial charge is 0.305 e. The Balaban J connectivity index is 1.58. The Morgan fingerprint density at radius 2 is 2.00 bits per heavy atom. The number of hydrogen-bond donors (Lipinski definition) is 1. The van der Waals surface area contributed by atoms with Crippen LogP contribution >= 0.6 is 0 Å². The predicted octanol–water partition coefficient (Wildman–Crippen LogP) is 4.09. The molecule has 0 aliphatic heterocycles. The monoisotopic (exact) mass is 342 g/mol. The largest absolute Gasteiger partial charge is 0.494 e. The third-order valence-electron chi connectivity index (χ3n) is 3.67. The molecule has 2 aromatic carbocycles. The van der Waals surface area contributed by atoms with Gasteiger partial charge in [-0.3, -0.25) is 4.79 Å². The fourth-order valence-electron chi connectivity index (χ4n) is 2.47. The van der Waals surface area contributed by atoms with E-state index in [1.165, 1.54) is 12.1 Å². The average molecular weight is 342 g/mol. The first-order chi connectivity index (χ1) is 12.2. The van der Waals surface area contributed by atoms with Crippen molar-refractivity contribution in [2.45, 2.75) is 19.8 Å². The van der Waals surface area contributed by atoms with Gasteiger partial charge >= 0.3 is 5.97 Å². The highest BCUT2D eigenvalue weighted by atomic mass is 19.1. The molecule has 0 atom stereocenters. The van der Waals surface area contributed by atoms with Gasteiger partial charge in [0.15, 0.2) is 0 Å². The van der Waals surface area contributed by atoms with Crippen molar-refractivity contribution in [3.63, 3.8) is 0 Å². The Hall–Kier alpha value is -2.89. The summed E-state index contributed by atoms with van der Waals surface area (Å²) in [5.41, 5.74) is 2.26. The molecule has 0 saturated heterocycles. The predicted molar refractivity (Wildman–Crippen MR) is 92.8 cm³/mol. The van der Waals surface area contributed by atoms with E-state index in [9.17, 15) is 9.18 Å². The first-order valence-corrected chi connectivity index (χ1v) is 8.20. The van der Waals surface area contributed by atoms with Crippen LogP contribution in [0.15, 0.2) is 42.5 Å². The summed E-state index contributed by atoms with van der Waals surface area (Å²) in [5.74, 6) is 0.890. The van der Waals surface area contributed by atoms with Gasteiger partial charge in [-0.25, -0.2) is 9.37 Å². The van der Waals surface area contributed by atoms with Gasteiger partial charge in [0, 0.05) is 12.0 Å². The molecule has 25 heavy (non-hydrogen) atoms. The number of nitrogens with one attached hydrogen (secondary N) is 1. The third kappa shape index (κ3) is 4.35. The maximum atomic E-state index is 13.2. The summed E-state index contributed by atoms with van der Waals surface area (Å²) in [6, 6.07) is 11.9. The minimum absolute atomic E-state index is 0.206. The number of rotatable bonds is 7. The van der Waals surface area contributed by atoms with Gasteiger partial charge in [-0.15, -0.1) is 0 Å². The second-order valence-corrected chi connectivity index (χ2v) is 5.53. The Kier molecular flexibility index (Phi) is 5.28. The summed E-state index contributed by atoms with van der Waals surface area (Å²) in [5, 5.41) is 0. The standard InChI is InChI=1S/C19H19FN2O3/c1-2-24-18(23)4-3-11-25-15-8-5-13(6-9-15)19-21-16-10-7-14(20)12-17(16)22-19/h5-10,12H,2-4,11H2,1H3,(H,21,22). The van der Waals surface area contributed by atoms with Crippen LogP contribution in [0.2, 0.25) is 0 Å². The lowest BCUT2D eigenvalue weighted by Crippen LogP contribution is -2.06. The number of esters is 1. The zero-order valence-corrected chi connectivity index (χ0v) is 13.9. The normalized spacial score (nSPS) is 10.8. The Morgan fingerprint density at radius 3 is 2.76 bits per heavy atom. The van der Waals surface area contributed by atoms with Crippen LogP contribution in [-0.4, -0.2) is 29.2 Å². The molecule has 0 amide bonds. The van der Waals surface area contributed by atoms with E-state index in [1.54, 1.807) is 13.0 Å². The van der Waals surface area contributed by atoms with Crippen LogP contribution < -0.4 is 4.74 Å². The third-order valence-corrected chi connectivity index (χ3v) is 3.67. The fourth-order valence-corrected chi connectivity index (χ4v) is 2.47. The van der Waals surface area contributed by atoms with Crippen LogP contribution in [0, 0.1) is 5.82 Å². The number of H-pyrrole nitrogens is 1. The molecule has 0 spiro atoms. The summed E-state index contributed by atoms with van der Waals surface area (Å²) >= 11 is 0. The van der Waals surface area contributed by atoms with Gasteiger partial charge in [0.05, 0.1) is 24.2 Å². The van der Waals surface area contributed by atoms with Crippen LogP contribution in [0.4, 0.5) is 4.39 Å². The number of aromatic nitrogens is 2. The van der Waals surface area contributed by atoms with Gasteiger partial charge in [-0.05, 0) is 55.8 Å².